The third kappa shape index (κ3) is 5.53. The maximum absolute atomic E-state index is 13.9. The first-order chi connectivity index (χ1) is 13.8. The smallest absolute Gasteiger partial charge is 0.245 e. The van der Waals surface area contributed by atoms with Crippen LogP contribution in [0.25, 0.3) is 0 Å². The second-order valence-electron chi connectivity index (χ2n) is 8.09. The van der Waals surface area contributed by atoms with Crippen LogP contribution in [0.2, 0.25) is 0 Å². The second-order valence-corrected chi connectivity index (χ2v) is 8.09. The number of hydrogen-bond donors (Lipinski definition) is 1. The predicted molar refractivity (Wildman–Crippen MR) is 104 cm³/mol. The number of halogens is 1. The van der Waals surface area contributed by atoms with E-state index in [0.29, 0.717) is 31.5 Å². The lowest BCUT2D eigenvalue weighted by molar-refractivity contribution is -0.140. The summed E-state index contributed by atoms with van der Waals surface area (Å²) in [5.74, 6) is -0.651. The SMILES string of the molecule is CC(C)CN1C[C@H](OCc2ccccc2F)CN(C(=O)[C@@H]2CCC(=O)N2)CC1=O. The van der Waals surface area contributed by atoms with Crippen LogP contribution in [-0.4, -0.2) is 65.8 Å². The minimum Gasteiger partial charge on any atom is -0.370 e. The van der Waals surface area contributed by atoms with Gasteiger partial charge in [-0.15, -0.1) is 0 Å². The standard InChI is InChI=1S/C21H28FN3O4/c1-14(2)9-24-10-16(29-13-15-5-3-4-6-17(15)22)11-25(12-20(24)27)21(28)18-7-8-19(26)23-18/h3-6,14,16,18H,7-13H2,1-2H3,(H,23,26)/t16-,18-/m0/s1. The molecular weight excluding hydrogens is 377 g/mol. The Morgan fingerprint density at radius 3 is 2.69 bits per heavy atom. The molecule has 2 aliphatic rings. The monoisotopic (exact) mass is 405 g/mol. The Balaban J connectivity index is 1.73. The van der Waals surface area contributed by atoms with Crippen molar-refractivity contribution >= 4 is 17.7 Å². The molecular formula is C21H28FN3O4. The Morgan fingerprint density at radius 1 is 1.28 bits per heavy atom. The summed E-state index contributed by atoms with van der Waals surface area (Å²) < 4.78 is 19.9. The minimum absolute atomic E-state index is 0.0442. The Morgan fingerprint density at radius 2 is 2.03 bits per heavy atom. The third-order valence-electron chi connectivity index (χ3n) is 5.15. The number of nitrogens with one attached hydrogen (secondary N) is 1. The number of rotatable bonds is 6. The van der Waals surface area contributed by atoms with Crippen LogP contribution in [0.15, 0.2) is 24.3 Å². The van der Waals surface area contributed by atoms with Gasteiger partial charge < -0.3 is 19.9 Å². The van der Waals surface area contributed by atoms with E-state index < -0.39 is 12.1 Å². The zero-order valence-electron chi connectivity index (χ0n) is 16.9. The molecule has 0 radical (unpaired) electrons. The van der Waals surface area contributed by atoms with Gasteiger partial charge in [-0.25, -0.2) is 4.39 Å². The van der Waals surface area contributed by atoms with Gasteiger partial charge in [0, 0.05) is 31.6 Å². The molecule has 0 aromatic heterocycles. The van der Waals surface area contributed by atoms with Crippen LogP contribution >= 0.6 is 0 Å². The maximum Gasteiger partial charge on any atom is 0.245 e. The van der Waals surface area contributed by atoms with Crippen molar-refractivity contribution in [3.05, 3.63) is 35.6 Å². The number of nitrogens with zero attached hydrogens (tertiary/aromatic N) is 2. The molecule has 0 saturated carbocycles. The Bertz CT molecular complexity index is 770. The highest BCUT2D eigenvalue weighted by molar-refractivity contribution is 5.93. The molecule has 1 N–H and O–H groups in total. The summed E-state index contributed by atoms with van der Waals surface area (Å²) in [6, 6.07) is 5.78. The van der Waals surface area contributed by atoms with Gasteiger partial charge in [0.1, 0.15) is 11.9 Å². The molecule has 7 nitrogen and oxygen atoms in total. The summed E-state index contributed by atoms with van der Waals surface area (Å²) in [5, 5.41) is 2.66. The average molecular weight is 405 g/mol. The normalized spacial score (nSPS) is 22.8. The van der Waals surface area contributed by atoms with Crippen LogP contribution in [0, 0.1) is 11.7 Å². The zero-order valence-corrected chi connectivity index (χ0v) is 16.9. The van der Waals surface area contributed by atoms with E-state index in [9.17, 15) is 18.8 Å². The van der Waals surface area contributed by atoms with Crippen molar-refractivity contribution in [2.45, 2.75) is 45.4 Å². The van der Waals surface area contributed by atoms with Crippen molar-refractivity contribution in [2.75, 3.05) is 26.2 Å². The Hall–Kier alpha value is -2.48. The van der Waals surface area contributed by atoms with E-state index in [-0.39, 0.29) is 49.2 Å². The van der Waals surface area contributed by atoms with Crippen LogP contribution in [0.1, 0.15) is 32.3 Å². The molecule has 2 saturated heterocycles. The lowest BCUT2D eigenvalue weighted by Gasteiger charge is -2.26. The van der Waals surface area contributed by atoms with Crippen LogP contribution < -0.4 is 5.32 Å². The fourth-order valence-electron chi connectivity index (χ4n) is 3.71. The van der Waals surface area contributed by atoms with E-state index >= 15 is 0 Å². The van der Waals surface area contributed by atoms with Crippen molar-refractivity contribution in [3.63, 3.8) is 0 Å². The molecule has 1 aromatic carbocycles. The van der Waals surface area contributed by atoms with Gasteiger partial charge in [0.15, 0.2) is 0 Å². The fourth-order valence-corrected chi connectivity index (χ4v) is 3.71. The van der Waals surface area contributed by atoms with Gasteiger partial charge in [0.25, 0.3) is 0 Å². The van der Waals surface area contributed by atoms with Gasteiger partial charge in [-0.3, -0.25) is 14.4 Å². The zero-order chi connectivity index (χ0) is 21.0. The highest BCUT2D eigenvalue weighted by Crippen LogP contribution is 2.17. The van der Waals surface area contributed by atoms with E-state index in [1.165, 1.54) is 11.0 Å². The molecule has 2 fully saturated rings. The first kappa shape index (κ1) is 21.2. The third-order valence-corrected chi connectivity index (χ3v) is 5.15. The van der Waals surface area contributed by atoms with Gasteiger partial charge in [-0.05, 0) is 18.4 Å². The van der Waals surface area contributed by atoms with Gasteiger partial charge >= 0.3 is 0 Å². The highest BCUT2D eigenvalue weighted by atomic mass is 19.1. The Labute approximate surface area is 170 Å². The number of ether oxygens (including phenoxy) is 1. The van der Waals surface area contributed by atoms with Crippen LogP contribution in [0.3, 0.4) is 0 Å². The van der Waals surface area contributed by atoms with Crippen molar-refractivity contribution < 1.29 is 23.5 Å². The molecule has 2 heterocycles. The van der Waals surface area contributed by atoms with E-state index in [1.807, 2.05) is 13.8 Å². The van der Waals surface area contributed by atoms with E-state index in [4.69, 9.17) is 4.74 Å². The average Bonchev–Trinajstić information content (AvgIpc) is 3.04. The van der Waals surface area contributed by atoms with Gasteiger partial charge in [-0.2, -0.15) is 0 Å². The second kappa shape index (κ2) is 9.35. The predicted octanol–water partition coefficient (Wildman–Crippen LogP) is 1.32. The highest BCUT2D eigenvalue weighted by Gasteiger charge is 2.36. The Kier molecular flexibility index (Phi) is 6.84. The molecule has 29 heavy (non-hydrogen) atoms. The number of benzene rings is 1. The summed E-state index contributed by atoms with van der Waals surface area (Å²) in [5.41, 5.74) is 0.430. The van der Waals surface area contributed by atoms with Crippen LogP contribution in [-0.2, 0) is 25.7 Å². The molecule has 3 amide bonds. The number of amides is 3. The number of carbonyl (C=O) groups excluding carboxylic acids is 3. The first-order valence-corrected chi connectivity index (χ1v) is 10.0. The molecule has 2 aliphatic heterocycles. The van der Waals surface area contributed by atoms with Crippen molar-refractivity contribution in [1.82, 2.24) is 15.1 Å². The minimum atomic E-state index is -0.598. The molecule has 158 valence electrons. The van der Waals surface area contributed by atoms with E-state index in [0.717, 1.165) is 0 Å². The van der Waals surface area contributed by atoms with E-state index in [1.54, 1.807) is 23.1 Å². The largest absolute Gasteiger partial charge is 0.370 e. The quantitative estimate of drug-likeness (QED) is 0.774. The van der Waals surface area contributed by atoms with Gasteiger partial charge in [-0.1, -0.05) is 32.0 Å². The lowest BCUT2D eigenvalue weighted by Crippen LogP contribution is -2.48. The van der Waals surface area contributed by atoms with Crippen molar-refractivity contribution in [3.8, 4) is 0 Å². The van der Waals surface area contributed by atoms with Gasteiger partial charge in [0.05, 0.1) is 19.3 Å². The summed E-state index contributed by atoms with van der Waals surface area (Å²) in [7, 11) is 0. The number of carbonyl (C=O) groups is 3. The molecule has 3 rings (SSSR count). The fraction of sp³-hybridized carbons (Fsp3) is 0.571. The van der Waals surface area contributed by atoms with Crippen LogP contribution in [0.5, 0.6) is 0 Å². The summed E-state index contributed by atoms with van der Waals surface area (Å²) >= 11 is 0. The number of hydrogen-bond acceptors (Lipinski definition) is 4. The molecule has 0 aliphatic carbocycles. The van der Waals surface area contributed by atoms with E-state index in [2.05, 4.69) is 5.32 Å². The molecule has 0 spiro atoms. The maximum atomic E-state index is 13.9. The topological polar surface area (TPSA) is 79.0 Å². The van der Waals surface area contributed by atoms with Gasteiger partial charge in [0.2, 0.25) is 17.7 Å². The molecule has 0 bridgehead atoms. The summed E-state index contributed by atoms with van der Waals surface area (Å²) in [6.45, 7) is 5.17. The van der Waals surface area contributed by atoms with Crippen molar-refractivity contribution in [2.24, 2.45) is 5.92 Å². The lowest BCUT2D eigenvalue weighted by atomic mass is 10.2. The molecule has 0 unspecified atom stereocenters. The first-order valence-electron chi connectivity index (χ1n) is 10.0. The molecule has 8 heteroatoms. The molecule has 2 atom stereocenters. The molecule has 1 aromatic rings. The summed E-state index contributed by atoms with van der Waals surface area (Å²) in [6.07, 6.45) is 0.296. The summed E-state index contributed by atoms with van der Waals surface area (Å²) in [4.78, 5) is 40.3. The van der Waals surface area contributed by atoms with Crippen molar-refractivity contribution in [1.29, 1.82) is 0 Å². The van der Waals surface area contributed by atoms with Crippen LogP contribution in [0.4, 0.5) is 4.39 Å².